The first-order valence-electron chi connectivity index (χ1n) is 6.13. The zero-order valence-corrected chi connectivity index (χ0v) is 13.1. The molecule has 108 valence electrons. The van der Waals surface area contributed by atoms with Crippen LogP contribution in [0.1, 0.15) is 24.9 Å². The second-order valence-corrected chi connectivity index (χ2v) is 4.79. The molecule has 1 rings (SSSR count). The summed E-state index contributed by atoms with van der Waals surface area (Å²) in [6, 6.07) is 3.65. The van der Waals surface area contributed by atoms with E-state index in [-0.39, 0.29) is 6.04 Å². The van der Waals surface area contributed by atoms with Gasteiger partial charge in [-0.2, -0.15) is 0 Å². The highest BCUT2D eigenvalue weighted by Crippen LogP contribution is 2.39. The van der Waals surface area contributed by atoms with Crippen molar-refractivity contribution in [1.82, 2.24) is 5.43 Å². The molecule has 3 N–H and O–H groups in total. The van der Waals surface area contributed by atoms with E-state index in [1.165, 1.54) is 0 Å². The van der Waals surface area contributed by atoms with Gasteiger partial charge in [-0.15, -0.1) is 0 Å². The number of hydrazine groups is 1. The van der Waals surface area contributed by atoms with Crippen molar-refractivity contribution in [2.24, 2.45) is 5.84 Å². The Labute approximate surface area is 122 Å². The molecule has 0 amide bonds. The molecular weight excluding hydrogens is 312 g/mol. The van der Waals surface area contributed by atoms with Gasteiger partial charge < -0.3 is 14.2 Å². The molecule has 1 unspecified atom stereocenters. The van der Waals surface area contributed by atoms with Crippen LogP contribution in [0, 0.1) is 0 Å². The van der Waals surface area contributed by atoms with Gasteiger partial charge in [-0.1, -0.05) is 6.92 Å². The maximum atomic E-state index is 5.60. The molecular formula is C13H21BrN2O3. The molecule has 1 atom stereocenters. The Kier molecular flexibility index (Phi) is 7.15. The van der Waals surface area contributed by atoms with Crippen LogP contribution in [0.2, 0.25) is 0 Å². The van der Waals surface area contributed by atoms with Crippen LogP contribution in [-0.4, -0.2) is 27.4 Å². The average Bonchev–Trinajstić information content (AvgIpc) is 2.43. The first kappa shape index (κ1) is 16.2. The number of hydrogen-bond acceptors (Lipinski definition) is 5. The molecule has 0 saturated carbocycles. The normalized spacial score (nSPS) is 12.3. The van der Waals surface area contributed by atoms with Crippen LogP contribution in [0.15, 0.2) is 16.6 Å². The molecule has 0 saturated heterocycles. The molecule has 0 heterocycles. The molecule has 0 aliphatic rings. The summed E-state index contributed by atoms with van der Waals surface area (Å²) in [5, 5.41) is 0. The van der Waals surface area contributed by atoms with Gasteiger partial charge in [0.25, 0.3) is 0 Å². The average molecular weight is 333 g/mol. The second-order valence-electron chi connectivity index (χ2n) is 4.00. The van der Waals surface area contributed by atoms with E-state index in [0.717, 1.165) is 16.5 Å². The predicted octanol–water partition coefficient (Wildman–Crippen LogP) is 2.40. The lowest BCUT2D eigenvalue weighted by molar-refractivity contribution is 0.111. The smallest absolute Gasteiger partial charge is 0.141 e. The molecule has 0 fully saturated rings. The molecule has 6 heteroatoms. The molecule has 0 aromatic heterocycles. The summed E-state index contributed by atoms with van der Waals surface area (Å²) >= 11 is 3.47. The Bertz CT molecular complexity index is 402. The van der Waals surface area contributed by atoms with Crippen molar-refractivity contribution in [2.75, 3.05) is 27.4 Å². The van der Waals surface area contributed by atoms with Crippen molar-refractivity contribution in [2.45, 2.75) is 19.4 Å². The second kappa shape index (κ2) is 8.37. The minimum atomic E-state index is -0.135. The zero-order chi connectivity index (χ0) is 14.3. The number of halogens is 1. The summed E-state index contributed by atoms with van der Waals surface area (Å²) < 4.78 is 17.0. The standard InChI is InChI=1S/C13H21BrN2O3/c1-4-7-19-8-10(16-15)9-5-6-11(17-2)12(14)13(9)18-3/h5-6,10,16H,4,7-8,15H2,1-3H3. The highest BCUT2D eigenvalue weighted by atomic mass is 79.9. The quantitative estimate of drug-likeness (QED) is 0.434. The third-order valence-corrected chi connectivity index (χ3v) is 3.48. The largest absolute Gasteiger partial charge is 0.495 e. The number of nitrogens with one attached hydrogen (secondary N) is 1. The van der Waals surface area contributed by atoms with Crippen molar-refractivity contribution in [3.05, 3.63) is 22.2 Å². The third-order valence-electron chi connectivity index (χ3n) is 2.73. The number of methoxy groups -OCH3 is 2. The van der Waals surface area contributed by atoms with Gasteiger partial charge >= 0.3 is 0 Å². The molecule has 0 aliphatic heterocycles. The van der Waals surface area contributed by atoms with E-state index in [9.17, 15) is 0 Å². The van der Waals surface area contributed by atoms with Crippen molar-refractivity contribution in [3.63, 3.8) is 0 Å². The van der Waals surface area contributed by atoms with Gasteiger partial charge in [0.2, 0.25) is 0 Å². The molecule has 0 spiro atoms. The van der Waals surface area contributed by atoms with Crippen molar-refractivity contribution >= 4 is 15.9 Å². The maximum absolute atomic E-state index is 5.60. The van der Waals surface area contributed by atoms with Crippen LogP contribution < -0.4 is 20.7 Å². The number of nitrogens with two attached hydrogens (primary N) is 1. The number of benzene rings is 1. The summed E-state index contributed by atoms with van der Waals surface area (Å²) in [5.74, 6) is 7.01. The third kappa shape index (κ3) is 4.07. The Morgan fingerprint density at radius 1 is 1.32 bits per heavy atom. The Balaban J connectivity index is 2.99. The molecule has 1 aromatic carbocycles. The lowest BCUT2D eigenvalue weighted by Gasteiger charge is -2.21. The zero-order valence-electron chi connectivity index (χ0n) is 11.5. The van der Waals surface area contributed by atoms with E-state index >= 15 is 0 Å². The molecule has 0 aliphatic carbocycles. The summed E-state index contributed by atoms with van der Waals surface area (Å²) in [5.41, 5.74) is 3.67. The number of rotatable bonds is 8. The van der Waals surface area contributed by atoms with E-state index in [4.69, 9.17) is 20.1 Å². The SMILES string of the molecule is CCCOCC(NN)c1ccc(OC)c(Br)c1OC. The van der Waals surface area contributed by atoms with Gasteiger partial charge in [-0.05, 0) is 34.5 Å². The van der Waals surface area contributed by atoms with Gasteiger partial charge in [0.15, 0.2) is 0 Å². The number of hydrogen-bond donors (Lipinski definition) is 2. The van der Waals surface area contributed by atoms with Crippen LogP contribution in [0.5, 0.6) is 11.5 Å². The Morgan fingerprint density at radius 2 is 2.05 bits per heavy atom. The fraction of sp³-hybridized carbons (Fsp3) is 0.538. The molecule has 5 nitrogen and oxygen atoms in total. The van der Waals surface area contributed by atoms with Crippen LogP contribution in [0.3, 0.4) is 0 Å². The topological polar surface area (TPSA) is 65.7 Å². The van der Waals surface area contributed by atoms with Gasteiger partial charge in [0.05, 0.1) is 26.9 Å². The van der Waals surface area contributed by atoms with Crippen molar-refractivity contribution < 1.29 is 14.2 Å². The van der Waals surface area contributed by atoms with Gasteiger partial charge in [0, 0.05) is 12.2 Å². The Morgan fingerprint density at radius 3 is 2.58 bits per heavy atom. The van der Waals surface area contributed by atoms with E-state index in [1.54, 1.807) is 14.2 Å². The first-order chi connectivity index (χ1) is 9.19. The monoisotopic (exact) mass is 332 g/mol. The molecule has 0 bridgehead atoms. The van der Waals surface area contributed by atoms with Crippen molar-refractivity contribution in [1.29, 1.82) is 0 Å². The first-order valence-corrected chi connectivity index (χ1v) is 6.93. The fourth-order valence-electron chi connectivity index (χ4n) is 1.77. The van der Waals surface area contributed by atoms with E-state index in [1.807, 2.05) is 12.1 Å². The summed E-state index contributed by atoms with van der Waals surface area (Å²) in [6.07, 6.45) is 0.973. The minimum Gasteiger partial charge on any atom is -0.495 e. The predicted molar refractivity (Wildman–Crippen MR) is 78.4 cm³/mol. The van der Waals surface area contributed by atoms with E-state index < -0.39 is 0 Å². The van der Waals surface area contributed by atoms with Crippen LogP contribution in [0.25, 0.3) is 0 Å². The van der Waals surface area contributed by atoms with Crippen LogP contribution >= 0.6 is 15.9 Å². The lowest BCUT2D eigenvalue weighted by Crippen LogP contribution is -2.31. The highest BCUT2D eigenvalue weighted by Gasteiger charge is 2.19. The molecule has 0 radical (unpaired) electrons. The van der Waals surface area contributed by atoms with Gasteiger partial charge in [0.1, 0.15) is 16.0 Å². The molecule has 19 heavy (non-hydrogen) atoms. The number of ether oxygens (including phenoxy) is 3. The summed E-state index contributed by atoms with van der Waals surface area (Å²) in [6.45, 7) is 3.26. The molecule has 1 aromatic rings. The van der Waals surface area contributed by atoms with Gasteiger partial charge in [-0.3, -0.25) is 11.3 Å². The highest BCUT2D eigenvalue weighted by molar-refractivity contribution is 9.10. The van der Waals surface area contributed by atoms with E-state index in [0.29, 0.717) is 24.7 Å². The van der Waals surface area contributed by atoms with Crippen molar-refractivity contribution in [3.8, 4) is 11.5 Å². The van der Waals surface area contributed by atoms with Crippen LogP contribution in [-0.2, 0) is 4.74 Å². The minimum absolute atomic E-state index is 0.135. The van der Waals surface area contributed by atoms with Crippen LogP contribution in [0.4, 0.5) is 0 Å². The fourth-order valence-corrected chi connectivity index (χ4v) is 2.45. The summed E-state index contributed by atoms with van der Waals surface area (Å²) in [7, 11) is 3.23. The maximum Gasteiger partial charge on any atom is 0.141 e. The van der Waals surface area contributed by atoms with E-state index in [2.05, 4.69) is 28.3 Å². The lowest BCUT2D eigenvalue weighted by atomic mass is 10.1. The Hall–Kier alpha value is -0.820. The van der Waals surface area contributed by atoms with Gasteiger partial charge in [-0.25, -0.2) is 0 Å². The summed E-state index contributed by atoms with van der Waals surface area (Å²) in [4.78, 5) is 0.